The third-order valence-electron chi connectivity index (χ3n) is 7.19. The van der Waals surface area contributed by atoms with E-state index in [1.807, 2.05) is 0 Å². The quantitative estimate of drug-likeness (QED) is 0.537. The maximum absolute atomic E-state index is 11.1. The van der Waals surface area contributed by atoms with Crippen LogP contribution in [0.3, 0.4) is 0 Å². The van der Waals surface area contributed by atoms with Gasteiger partial charge < -0.3 is 20.4 Å². The number of benzene rings is 1. The average molecular weight is 434 g/mol. The first kappa shape index (κ1) is 23.0. The molecule has 0 radical (unpaired) electrons. The molecule has 1 aromatic carbocycles. The summed E-state index contributed by atoms with van der Waals surface area (Å²) in [5.74, 6) is 0.398. The van der Waals surface area contributed by atoms with Crippen LogP contribution in [-0.2, 0) is 19.6 Å². The van der Waals surface area contributed by atoms with E-state index in [0.29, 0.717) is 18.8 Å². The van der Waals surface area contributed by atoms with Crippen LogP contribution in [0.25, 0.3) is 0 Å². The van der Waals surface area contributed by atoms with Crippen molar-refractivity contribution in [2.24, 2.45) is 0 Å². The highest BCUT2D eigenvalue weighted by atomic mass is 16.3. The summed E-state index contributed by atoms with van der Waals surface area (Å²) >= 11 is 0. The minimum atomic E-state index is -0.198. The van der Waals surface area contributed by atoms with Crippen LogP contribution >= 0.6 is 0 Å². The summed E-state index contributed by atoms with van der Waals surface area (Å²) in [5.41, 5.74) is 3.16. The smallest absolute Gasteiger partial charge is 0.124 e. The van der Waals surface area contributed by atoms with E-state index in [9.17, 15) is 20.4 Å². The number of phenols is 1. The molecule has 4 rings (SSSR count). The minimum absolute atomic E-state index is 0.175. The van der Waals surface area contributed by atoms with Gasteiger partial charge in [0.25, 0.3) is 0 Å². The molecular formula is C24H39N3O4. The number of phenolic OH excluding ortho intramolecular Hbond substituents is 1. The fraction of sp³-hybridized carbons (Fsp3) is 0.750. The highest BCUT2D eigenvalue weighted by Crippen LogP contribution is 2.30. The van der Waals surface area contributed by atoms with Gasteiger partial charge in [0.15, 0.2) is 0 Å². The number of aliphatic hydroxyl groups excluding tert-OH is 3. The lowest BCUT2D eigenvalue weighted by Gasteiger charge is -2.32. The highest BCUT2D eigenvalue weighted by molar-refractivity contribution is 5.44. The largest absolute Gasteiger partial charge is 0.507 e. The molecule has 3 fully saturated rings. The predicted molar refractivity (Wildman–Crippen MR) is 120 cm³/mol. The number of nitrogens with zero attached hydrogens (tertiary/aromatic N) is 3. The van der Waals surface area contributed by atoms with Gasteiger partial charge in [-0.05, 0) is 56.2 Å². The standard InChI is InChI=1S/C24H39N3O4/c28-21-1-7-25(8-2-21)15-18-13-19(16-26-9-3-22(29)4-10-26)24(31)20(14-18)17-27-11-5-23(30)6-12-27/h13-14,21-23,28-31H,1-12,15-17H2. The van der Waals surface area contributed by atoms with Crippen LogP contribution in [0.1, 0.15) is 55.2 Å². The summed E-state index contributed by atoms with van der Waals surface area (Å²) in [6, 6.07) is 4.30. The van der Waals surface area contributed by atoms with E-state index in [4.69, 9.17) is 0 Å². The van der Waals surface area contributed by atoms with Crippen molar-refractivity contribution < 1.29 is 20.4 Å². The fourth-order valence-corrected chi connectivity index (χ4v) is 5.14. The Bertz CT molecular complexity index is 662. The molecule has 7 heteroatoms. The minimum Gasteiger partial charge on any atom is -0.507 e. The van der Waals surface area contributed by atoms with Crippen molar-refractivity contribution in [3.8, 4) is 5.75 Å². The average Bonchev–Trinajstić information content (AvgIpc) is 2.76. The Hall–Kier alpha value is -1.22. The summed E-state index contributed by atoms with van der Waals surface area (Å²) < 4.78 is 0. The van der Waals surface area contributed by atoms with Crippen molar-refractivity contribution in [2.75, 3.05) is 39.3 Å². The van der Waals surface area contributed by atoms with Crippen molar-refractivity contribution in [3.05, 3.63) is 28.8 Å². The molecule has 3 aliphatic rings. The van der Waals surface area contributed by atoms with Gasteiger partial charge in [0.2, 0.25) is 0 Å². The molecule has 0 spiro atoms. The van der Waals surface area contributed by atoms with Gasteiger partial charge in [0.1, 0.15) is 5.75 Å². The van der Waals surface area contributed by atoms with Gasteiger partial charge in [0.05, 0.1) is 18.3 Å². The zero-order valence-corrected chi connectivity index (χ0v) is 18.6. The Balaban J connectivity index is 1.50. The summed E-state index contributed by atoms with van der Waals surface area (Å²) in [6.45, 7) is 7.48. The Labute approximate surface area is 185 Å². The third-order valence-corrected chi connectivity index (χ3v) is 7.19. The van der Waals surface area contributed by atoms with E-state index < -0.39 is 0 Å². The normalized spacial score (nSPS) is 24.1. The Morgan fingerprint density at radius 2 is 0.903 bits per heavy atom. The van der Waals surface area contributed by atoms with Crippen molar-refractivity contribution in [1.82, 2.24) is 14.7 Å². The highest BCUT2D eigenvalue weighted by Gasteiger charge is 2.23. The van der Waals surface area contributed by atoms with Crippen LogP contribution in [0.15, 0.2) is 12.1 Å². The predicted octanol–water partition coefficient (Wildman–Crippen LogP) is 1.26. The molecular weight excluding hydrogens is 394 g/mol. The maximum atomic E-state index is 11.1. The van der Waals surface area contributed by atoms with Crippen LogP contribution < -0.4 is 0 Å². The summed E-state index contributed by atoms with van der Waals surface area (Å²) in [4.78, 5) is 7.04. The van der Waals surface area contributed by atoms with Crippen LogP contribution in [-0.4, -0.2) is 92.7 Å². The topological polar surface area (TPSA) is 90.6 Å². The lowest BCUT2D eigenvalue weighted by atomic mass is 9.99. The monoisotopic (exact) mass is 433 g/mol. The van der Waals surface area contributed by atoms with E-state index in [0.717, 1.165) is 95.5 Å². The van der Waals surface area contributed by atoms with E-state index >= 15 is 0 Å². The van der Waals surface area contributed by atoms with E-state index in [-0.39, 0.29) is 18.3 Å². The lowest BCUT2D eigenvalue weighted by molar-refractivity contribution is 0.0773. The first-order valence-electron chi connectivity index (χ1n) is 12.0. The van der Waals surface area contributed by atoms with Gasteiger partial charge in [-0.3, -0.25) is 14.7 Å². The van der Waals surface area contributed by atoms with Gasteiger partial charge in [-0.2, -0.15) is 0 Å². The van der Waals surface area contributed by atoms with Gasteiger partial charge in [0, 0.05) is 70.0 Å². The van der Waals surface area contributed by atoms with Gasteiger partial charge in [-0.25, -0.2) is 0 Å². The zero-order valence-electron chi connectivity index (χ0n) is 18.6. The first-order chi connectivity index (χ1) is 15.0. The molecule has 0 unspecified atom stereocenters. The number of hydrogen-bond donors (Lipinski definition) is 4. The molecule has 1 aromatic rings. The second-order valence-electron chi connectivity index (χ2n) is 9.78. The summed E-state index contributed by atoms with van der Waals surface area (Å²) in [6.07, 6.45) is 4.24. The Morgan fingerprint density at radius 1 is 0.581 bits per heavy atom. The van der Waals surface area contributed by atoms with E-state index in [2.05, 4.69) is 26.8 Å². The SMILES string of the molecule is Oc1c(CN2CCC(O)CC2)cc(CN2CCC(O)CC2)cc1CN1CCC(O)CC1. The molecule has 3 aliphatic heterocycles. The molecule has 0 atom stereocenters. The number of aromatic hydroxyl groups is 1. The number of hydrogen-bond acceptors (Lipinski definition) is 7. The molecule has 0 aromatic heterocycles. The molecule has 7 nitrogen and oxygen atoms in total. The molecule has 0 amide bonds. The van der Waals surface area contributed by atoms with E-state index in [1.54, 1.807) is 0 Å². The number of piperidine rings is 3. The van der Waals surface area contributed by atoms with Crippen molar-refractivity contribution in [2.45, 2.75) is 76.5 Å². The number of rotatable bonds is 6. The van der Waals surface area contributed by atoms with Crippen LogP contribution in [0.2, 0.25) is 0 Å². The maximum Gasteiger partial charge on any atom is 0.124 e. The van der Waals surface area contributed by atoms with Crippen LogP contribution in [0.4, 0.5) is 0 Å². The second-order valence-corrected chi connectivity index (χ2v) is 9.78. The molecule has 3 heterocycles. The molecule has 31 heavy (non-hydrogen) atoms. The van der Waals surface area contributed by atoms with E-state index in [1.165, 1.54) is 5.56 Å². The lowest BCUT2D eigenvalue weighted by Crippen LogP contribution is -2.36. The van der Waals surface area contributed by atoms with Gasteiger partial charge in [-0.1, -0.05) is 0 Å². The van der Waals surface area contributed by atoms with Crippen molar-refractivity contribution in [3.63, 3.8) is 0 Å². The number of likely N-dealkylation sites (tertiary alicyclic amines) is 3. The van der Waals surface area contributed by atoms with Crippen molar-refractivity contribution in [1.29, 1.82) is 0 Å². The van der Waals surface area contributed by atoms with Gasteiger partial charge >= 0.3 is 0 Å². The molecule has 0 saturated carbocycles. The van der Waals surface area contributed by atoms with Crippen LogP contribution in [0.5, 0.6) is 5.75 Å². The zero-order chi connectivity index (χ0) is 21.8. The molecule has 174 valence electrons. The molecule has 0 bridgehead atoms. The first-order valence-corrected chi connectivity index (χ1v) is 12.0. The summed E-state index contributed by atoms with van der Waals surface area (Å²) in [7, 11) is 0. The van der Waals surface area contributed by atoms with Crippen molar-refractivity contribution >= 4 is 0 Å². The fourth-order valence-electron chi connectivity index (χ4n) is 5.14. The Morgan fingerprint density at radius 3 is 1.26 bits per heavy atom. The molecule has 3 saturated heterocycles. The molecule has 0 aliphatic carbocycles. The second kappa shape index (κ2) is 10.6. The van der Waals surface area contributed by atoms with Crippen LogP contribution in [0, 0.1) is 0 Å². The van der Waals surface area contributed by atoms with Gasteiger partial charge in [-0.15, -0.1) is 0 Å². The summed E-state index contributed by atoms with van der Waals surface area (Å²) in [5, 5.41) is 40.6. The number of aliphatic hydroxyl groups is 3. The molecule has 4 N–H and O–H groups in total. The Kier molecular flexibility index (Phi) is 7.85. The third kappa shape index (κ3) is 6.40.